The number of aromatic nitrogens is 2. The van der Waals surface area contributed by atoms with Crippen LogP contribution in [0.5, 0.6) is 0 Å². The van der Waals surface area contributed by atoms with E-state index in [0.29, 0.717) is 5.69 Å². The Hall–Kier alpha value is -3.42. The SMILES string of the molecule is Cc1cc(=O)c(C(=O)NC[C@H](C)c2ccccc2)nn1-c1cccc(C(F)(F)F)c1. The van der Waals surface area contributed by atoms with E-state index in [1.807, 2.05) is 37.3 Å². The minimum Gasteiger partial charge on any atom is -0.350 e. The monoisotopic (exact) mass is 415 g/mol. The van der Waals surface area contributed by atoms with Crippen molar-refractivity contribution < 1.29 is 18.0 Å². The van der Waals surface area contributed by atoms with E-state index in [2.05, 4.69) is 10.4 Å². The first kappa shape index (κ1) is 21.3. The third-order valence-corrected chi connectivity index (χ3v) is 4.68. The number of alkyl halides is 3. The Kier molecular flexibility index (Phi) is 6.05. The van der Waals surface area contributed by atoms with Gasteiger partial charge in [0.25, 0.3) is 5.91 Å². The second kappa shape index (κ2) is 8.52. The maximum atomic E-state index is 13.0. The number of hydrogen-bond acceptors (Lipinski definition) is 3. The normalized spacial score (nSPS) is 12.4. The number of carbonyl (C=O) groups is 1. The Labute approximate surface area is 171 Å². The Bertz CT molecular complexity index is 1110. The average molecular weight is 415 g/mol. The van der Waals surface area contributed by atoms with Gasteiger partial charge in [0.15, 0.2) is 5.69 Å². The largest absolute Gasteiger partial charge is 0.416 e. The summed E-state index contributed by atoms with van der Waals surface area (Å²) in [7, 11) is 0. The van der Waals surface area contributed by atoms with Gasteiger partial charge in [0, 0.05) is 18.3 Å². The summed E-state index contributed by atoms with van der Waals surface area (Å²) in [4.78, 5) is 24.8. The fourth-order valence-corrected chi connectivity index (χ4v) is 3.01. The van der Waals surface area contributed by atoms with Gasteiger partial charge >= 0.3 is 6.18 Å². The first-order valence-electron chi connectivity index (χ1n) is 9.28. The lowest BCUT2D eigenvalue weighted by Crippen LogP contribution is -2.34. The van der Waals surface area contributed by atoms with Crippen molar-refractivity contribution in [2.24, 2.45) is 0 Å². The molecule has 3 rings (SSSR count). The van der Waals surface area contributed by atoms with E-state index in [9.17, 15) is 22.8 Å². The van der Waals surface area contributed by atoms with Gasteiger partial charge in [-0.05, 0) is 36.6 Å². The second-order valence-corrected chi connectivity index (χ2v) is 6.98. The molecule has 0 fully saturated rings. The molecule has 5 nitrogen and oxygen atoms in total. The van der Waals surface area contributed by atoms with Crippen molar-refractivity contribution in [3.05, 3.63) is 93.4 Å². The zero-order valence-electron chi connectivity index (χ0n) is 16.4. The number of aryl methyl sites for hydroxylation is 1. The molecular weight excluding hydrogens is 395 g/mol. The van der Waals surface area contributed by atoms with Crippen LogP contribution in [-0.2, 0) is 6.18 Å². The van der Waals surface area contributed by atoms with Crippen LogP contribution in [-0.4, -0.2) is 22.2 Å². The molecule has 0 unspecified atom stereocenters. The van der Waals surface area contributed by atoms with Crippen LogP contribution in [0.4, 0.5) is 13.2 Å². The standard InChI is InChI=1S/C22H20F3N3O2/c1-14(16-7-4-3-5-8-16)13-26-21(30)20-19(29)11-15(2)28(27-20)18-10-6-9-17(12-18)22(23,24)25/h3-12,14H,13H2,1-2H3,(H,26,30)/t14-/m0/s1. The van der Waals surface area contributed by atoms with Crippen LogP contribution in [0.15, 0.2) is 65.5 Å². The summed E-state index contributed by atoms with van der Waals surface area (Å²) in [6.45, 7) is 3.74. The summed E-state index contributed by atoms with van der Waals surface area (Å²) in [6, 6.07) is 15.3. The van der Waals surface area contributed by atoms with E-state index in [1.54, 1.807) is 0 Å². The molecule has 8 heteroatoms. The summed E-state index contributed by atoms with van der Waals surface area (Å²) in [5.74, 6) is -0.671. The van der Waals surface area contributed by atoms with Crippen LogP contribution in [0, 0.1) is 6.92 Å². The molecule has 0 aliphatic heterocycles. The molecule has 2 aromatic carbocycles. The second-order valence-electron chi connectivity index (χ2n) is 6.98. The van der Waals surface area contributed by atoms with Gasteiger partial charge in [0.2, 0.25) is 5.43 Å². The van der Waals surface area contributed by atoms with Crippen molar-refractivity contribution in [2.75, 3.05) is 6.54 Å². The number of rotatable bonds is 5. The van der Waals surface area contributed by atoms with Gasteiger partial charge in [-0.2, -0.15) is 18.3 Å². The Balaban J connectivity index is 1.86. The van der Waals surface area contributed by atoms with Gasteiger partial charge in [0.05, 0.1) is 11.3 Å². The van der Waals surface area contributed by atoms with Gasteiger partial charge in [-0.25, -0.2) is 4.68 Å². The minimum atomic E-state index is -4.52. The van der Waals surface area contributed by atoms with Crippen molar-refractivity contribution in [2.45, 2.75) is 25.9 Å². The molecule has 156 valence electrons. The molecule has 1 aromatic heterocycles. The summed E-state index contributed by atoms with van der Waals surface area (Å²) in [6.07, 6.45) is -4.52. The lowest BCUT2D eigenvalue weighted by Gasteiger charge is -2.15. The molecule has 1 N–H and O–H groups in total. The number of nitrogens with one attached hydrogen (secondary N) is 1. The molecular formula is C22H20F3N3O2. The summed E-state index contributed by atoms with van der Waals surface area (Å²) in [5, 5.41) is 6.72. The van der Waals surface area contributed by atoms with Crippen molar-refractivity contribution in [1.29, 1.82) is 0 Å². The third-order valence-electron chi connectivity index (χ3n) is 4.68. The van der Waals surface area contributed by atoms with Gasteiger partial charge in [0.1, 0.15) is 0 Å². The number of carbonyl (C=O) groups excluding carboxylic acids is 1. The van der Waals surface area contributed by atoms with Crippen LogP contribution in [0.25, 0.3) is 5.69 Å². The van der Waals surface area contributed by atoms with Gasteiger partial charge in [-0.15, -0.1) is 0 Å². The van der Waals surface area contributed by atoms with Crippen LogP contribution < -0.4 is 10.7 Å². The Morgan fingerprint density at radius 3 is 2.47 bits per heavy atom. The number of benzene rings is 2. The fourth-order valence-electron chi connectivity index (χ4n) is 3.01. The molecule has 30 heavy (non-hydrogen) atoms. The predicted molar refractivity (Wildman–Crippen MR) is 107 cm³/mol. The Morgan fingerprint density at radius 1 is 1.10 bits per heavy atom. The predicted octanol–water partition coefficient (Wildman–Crippen LogP) is 4.09. The molecule has 0 aliphatic rings. The zero-order valence-corrected chi connectivity index (χ0v) is 16.4. The van der Waals surface area contributed by atoms with Gasteiger partial charge in [-0.3, -0.25) is 9.59 Å². The molecule has 1 heterocycles. The summed E-state index contributed by atoms with van der Waals surface area (Å²) in [5.41, 5.74) is -0.375. The minimum absolute atomic E-state index is 0.00583. The van der Waals surface area contributed by atoms with Crippen molar-refractivity contribution in [1.82, 2.24) is 15.1 Å². The molecule has 0 spiro atoms. The van der Waals surface area contributed by atoms with E-state index in [1.165, 1.54) is 25.1 Å². The van der Waals surface area contributed by atoms with E-state index in [4.69, 9.17) is 0 Å². The van der Waals surface area contributed by atoms with Crippen LogP contribution >= 0.6 is 0 Å². The number of hydrogen-bond donors (Lipinski definition) is 1. The number of halogens is 3. The fraction of sp³-hybridized carbons (Fsp3) is 0.227. The highest BCUT2D eigenvalue weighted by molar-refractivity contribution is 5.92. The van der Waals surface area contributed by atoms with E-state index >= 15 is 0 Å². The maximum absolute atomic E-state index is 13.0. The van der Waals surface area contributed by atoms with Crippen molar-refractivity contribution in [3.63, 3.8) is 0 Å². The third kappa shape index (κ3) is 4.76. The average Bonchev–Trinajstić information content (AvgIpc) is 2.72. The highest BCUT2D eigenvalue weighted by atomic mass is 19.4. The zero-order chi connectivity index (χ0) is 21.9. The quantitative estimate of drug-likeness (QED) is 0.683. The smallest absolute Gasteiger partial charge is 0.350 e. The number of amides is 1. The van der Waals surface area contributed by atoms with E-state index in [-0.39, 0.29) is 23.8 Å². The van der Waals surface area contributed by atoms with E-state index in [0.717, 1.165) is 22.4 Å². The van der Waals surface area contributed by atoms with Gasteiger partial charge < -0.3 is 5.32 Å². The lowest BCUT2D eigenvalue weighted by atomic mass is 10.0. The molecule has 3 aromatic rings. The highest BCUT2D eigenvalue weighted by Crippen LogP contribution is 2.30. The molecule has 0 saturated carbocycles. The summed E-state index contributed by atoms with van der Waals surface area (Å²) >= 11 is 0. The number of nitrogens with zero attached hydrogens (tertiary/aromatic N) is 2. The first-order chi connectivity index (χ1) is 14.2. The topological polar surface area (TPSA) is 64.0 Å². The molecule has 0 aliphatic carbocycles. The Morgan fingerprint density at radius 2 is 1.80 bits per heavy atom. The highest BCUT2D eigenvalue weighted by Gasteiger charge is 2.30. The van der Waals surface area contributed by atoms with Crippen molar-refractivity contribution >= 4 is 5.91 Å². The van der Waals surface area contributed by atoms with Crippen molar-refractivity contribution in [3.8, 4) is 5.69 Å². The molecule has 0 bridgehead atoms. The van der Waals surface area contributed by atoms with E-state index < -0.39 is 23.1 Å². The molecule has 1 amide bonds. The molecule has 1 atom stereocenters. The lowest BCUT2D eigenvalue weighted by molar-refractivity contribution is -0.137. The summed E-state index contributed by atoms with van der Waals surface area (Å²) < 4.78 is 40.2. The van der Waals surface area contributed by atoms with Crippen LogP contribution in [0.3, 0.4) is 0 Å². The van der Waals surface area contributed by atoms with Gasteiger partial charge in [-0.1, -0.05) is 43.3 Å². The van der Waals surface area contributed by atoms with Crippen LogP contribution in [0.2, 0.25) is 0 Å². The first-order valence-corrected chi connectivity index (χ1v) is 9.28. The molecule has 0 radical (unpaired) electrons. The van der Waals surface area contributed by atoms with Crippen LogP contribution in [0.1, 0.15) is 40.2 Å². The maximum Gasteiger partial charge on any atom is 0.416 e. The molecule has 0 saturated heterocycles.